The Morgan fingerprint density at radius 1 is 1.21 bits per heavy atom. The molecule has 0 N–H and O–H groups in total. The zero-order valence-electron chi connectivity index (χ0n) is 15.9. The number of ether oxygens (including phenoxy) is 1. The predicted octanol–water partition coefficient (Wildman–Crippen LogP) is 4.38. The van der Waals surface area contributed by atoms with Gasteiger partial charge in [-0.2, -0.15) is 10.4 Å². The van der Waals surface area contributed by atoms with E-state index < -0.39 is 12.1 Å². The van der Waals surface area contributed by atoms with Crippen molar-refractivity contribution >= 4 is 12.0 Å². The molecule has 0 radical (unpaired) electrons. The molecule has 5 heteroatoms. The molecule has 0 amide bonds. The zero-order chi connectivity index (χ0) is 19.9. The number of benzene rings is 2. The minimum Gasteiger partial charge on any atom is -0.444 e. The molecule has 1 heterocycles. The van der Waals surface area contributed by atoms with Crippen LogP contribution in [0.25, 0.3) is 17.3 Å². The number of carbonyl (C=O) groups is 1. The van der Waals surface area contributed by atoms with Crippen LogP contribution in [0.5, 0.6) is 0 Å². The fraction of sp³-hybridized carbons (Fsp3) is 0.174. The number of esters is 1. The minimum atomic E-state index is -0.782. The Morgan fingerprint density at radius 2 is 1.93 bits per heavy atom. The summed E-state index contributed by atoms with van der Waals surface area (Å²) < 4.78 is 6.82. The Bertz CT molecular complexity index is 1010. The van der Waals surface area contributed by atoms with Crippen molar-refractivity contribution in [3.63, 3.8) is 0 Å². The smallest absolute Gasteiger partial charge is 0.332 e. The quantitative estimate of drug-likeness (QED) is 0.476. The highest BCUT2D eigenvalue weighted by atomic mass is 16.5. The van der Waals surface area contributed by atoms with Crippen molar-refractivity contribution in [3.8, 4) is 17.3 Å². The molecule has 5 nitrogen and oxygen atoms in total. The van der Waals surface area contributed by atoms with Crippen LogP contribution in [-0.2, 0) is 16.1 Å². The van der Waals surface area contributed by atoms with Crippen molar-refractivity contribution in [1.29, 1.82) is 5.26 Å². The van der Waals surface area contributed by atoms with Gasteiger partial charge in [0.25, 0.3) is 0 Å². The van der Waals surface area contributed by atoms with Crippen LogP contribution >= 0.6 is 0 Å². The fourth-order valence-electron chi connectivity index (χ4n) is 2.74. The maximum Gasteiger partial charge on any atom is 0.332 e. The van der Waals surface area contributed by atoms with E-state index in [1.54, 1.807) is 6.08 Å². The summed E-state index contributed by atoms with van der Waals surface area (Å²) in [5, 5.41) is 13.5. The molecule has 0 aliphatic heterocycles. The third-order valence-corrected chi connectivity index (χ3v) is 4.18. The van der Waals surface area contributed by atoms with Gasteiger partial charge in [0.15, 0.2) is 6.10 Å². The molecule has 3 aromatic rings. The monoisotopic (exact) mass is 371 g/mol. The van der Waals surface area contributed by atoms with Gasteiger partial charge < -0.3 is 4.74 Å². The van der Waals surface area contributed by atoms with Gasteiger partial charge in [0.1, 0.15) is 6.07 Å². The van der Waals surface area contributed by atoms with Crippen LogP contribution in [0, 0.1) is 18.3 Å². The van der Waals surface area contributed by atoms with E-state index in [1.165, 1.54) is 18.6 Å². The van der Waals surface area contributed by atoms with Gasteiger partial charge in [-0.05, 0) is 25.5 Å². The standard InChI is InChI=1S/C23H21N3O2/c1-17-8-10-19(11-9-17)15-26-16-21(12-13-22(27)28-18(2)14-24)23(25-26)20-6-4-3-5-7-20/h3-13,16,18H,15H2,1-2H3/b13-12+/t18-/m0/s1. The molecule has 0 fully saturated rings. The molecule has 1 atom stereocenters. The lowest BCUT2D eigenvalue weighted by Crippen LogP contribution is -2.10. The number of nitriles is 1. The summed E-state index contributed by atoms with van der Waals surface area (Å²) in [7, 11) is 0. The van der Waals surface area contributed by atoms with Crippen molar-refractivity contribution in [3.05, 3.63) is 83.6 Å². The molecule has 0 aliphatic rings. The molecule has 0 saturated heterocycles. The lowest BCUT2D eigenvalue weighted by atomic mass is 10.1. The average Bonchev–Trinajstić information content (AvgIpc) is 3.11. The molecule has 0 spiro atoms. The Labute approximate surface area is 164 Å². The van der Waals surface area contributed by atoms with Crippen molar-refractivity contribution < 1.29 is 9.53 Å². The highest BCUT2D eigenvalue weighted by Gasteiger charge is 2.11. The molecule has 28 heavy (non-hydrogen) atoms. The van der Waals surface area contributed by atoms with E-state index in [-0.39, 0.29) is 0 Å². The Kier molecular flexibility index (Phi) is 6.03. The number of nitrogens with zero attached hydrogens (tertiary/aromatic N) is 3. The summed E-state index contributed by atoms with van der Waals surface area (Å²) in [6, 6.07) is 20.0. The number of aryl methyl sites for hydroxylation is 1. The molecular formula is C23H21N3O2. The van der Waals surface area contributed by atoms with E-state index in [1.807, 2.05) is 47.3 Å². The second-order valence-corrected chi connectivity index (χ2v) is 6.52. The van der Waals surface area contributed by atoms with Gasteiger partial charge in [-0.25, -0.2) is 4.79 Å². The summed E-state index contributed by atoms with van der Waals surface area (Å²) in [6.45, 7) is 4.21. The van der Waals surface area contributed by atoms with Crippen LogP contribution in [0.1, 0.15) is 23.6 Å². The molecule has 2 aromatic carbocycles. The largest absolute Gasteiger partial charge is 0.444 e. The van der Waals surface area contributed by atoms with Gasteiger partial charge in [-0.15, -0.1) is 0 Å². The van der Waals surface area contributed by atoms with Gasteiger partial charge in [0.05, 0.1) is 12.2 Å². The first-order valence-corrected chi connectivity index (χ1v) is 9.02. The van der Waals surface area contributed by atoms with Crippen LogP contribution in [-0.4, -0.2) is 21.9 Å². The SMILES string of the molecule is Cc1ccc(Cn2cc(/C=C/C(=O)O[C@@H](C)C#N)c(-c3ccccc3)n2)cc1. The van der Waals surface area contributed by atoms with Crippen LogP contribution in [0.3, 0.4) is 0 Å². The maximum absolute atomic E-state index is 11.9. The summed E-state index contributed by atoms with van der Waals surface area (Å²) in [5.41, 5.74) is 4.90. The van der Waals surface area contributed by atoms with Crippen LogP contribution in [0.2, 0.25) is 0 Å². The molecule has 140 valence electrons. The van der Waals surface area contributed by atoms with Gasteiger partial charge in [-0.3, -0.25) is 4.68 Å². The Balaban J connectivity index is 1.88. The van der Waals surface area contributed by atoms with Gasteiger partial charge in [0, 0.05) is 23.4 Å². The topological polar surface area (TPSA) is 67.9 Å². The Morgan fingerprint density at radius 3 is 2.61 bits per heavy atom. The number of hydrogen-bond donors (Lipinski definition) is 0. The van der Waals surface area contributed by atoms with Gasteiger partial charge in [-0.1, -0.05) is 60.2 Å². The van der Waals surface area contributed by atoms with Gasteiger partial charge >= 0.3 is 5.97 Å². The summed E-state index contributed by atoms with van der Waals surface area (Å²) >= 11 is 0. The normalized spacial score (nSPS) is 11.9. The van der Waals surface area contributed by atoms with Crippen molar-refractivity contribution in [1.82, 2.24) is 9.78 Å². The second-order valence-electron chi connectivity index (χ2n) is 6.52. The lowest BCUT2D eigenvalue weighted by Gasteiger charge is -2.02. The first-order chi connectivity index (χ1) is 13.5. The number of carbonyl (C=O) groups excluding carboxylic acids is 1. The molecule has 0 bridgehead atoms. The van der Waals surface area contributed by atoms with E-state index in [0.717, 1.165) is 22.4 Å². The molecule has 1 aromatic heterocycles. The first kappa shape index (κ1) is 19.1. The van der Waals surface area contributed by atoms with Crippen LogP contribution < -0.4 is 0 Å². The number of rotatable bonds is 6. The Hall–Kier alpha value is -3.65. The summed E-state index contributed by atoms with van der Waals surface area (Å²) in [5.74, 6) is -0.556. The summed E-state index contributed by atoms with van der Waals surface area (Å²) in [6.07, 6.45) is 4.12. The van der Waals surface area contributed by atoms with Crippen LogP contribution in [0.4, 0.5) is 0 Å². The van der Waals surface area contributed by atoms with Gasteiger partial charge in [0.2, 0.25) is 0 Å². The number of aromatic nitrogens is 2. The van der Waals surface area contributed by atoms with E-state index in [9.17, 15) is 4.79 Å². The molecule has 0 unspecified atom stereocenters. The number of hydrogen-bond acceptors (Lipinski definition) is 4. The fourth-order valence-corrected chi connectivity index (χ4v) is 2.74. The van der Waals surface area contributed by atoms with E-state index in [4.69, 9.17) is 15.1 Å². The third-order valence-electron chi connectivity index (χ3n) is 4.18. The van der Waals surface area contributed by atoms with Crippen molar-refractivity contribution in [2.45, 2.75) is 26.5 Å². The minimum absolute atomic E-state index is 0.556. The third kappa shape index (κ3) is 4.95. The summed E-state index contributed by atoms with van der Waals surface area (Å²) in [4.78, 5) is 11.9. The van der Waals surface area contributed by atoms with E-state index in [2.05, 4.69) is 31.2 Å². The average molecular weight is 371 g/mol. The van der Waals surface area contributed by atoms with E-state index in [0.29, 0.717) is 6.54 Å². The first-order valence-electron chi connectivity index (χ1n) is 9.02. The van der Waals surface area contributed by atoms with Crippen molar-refractivity contribution in [2.75, 3.05) is 0 Å². The molecule has 0 aliphatic carbocycles. The molecular weight excluding hydrogens is 350 g/mol. The van der Waals surface area contributed by atoms with E-state index >= 15 is 0 Å². The predicted molar refractivity (Wildman–Crippen MR) is 108 cm³/mol. The van der Waals surface area contributed by atoms with Crippen molar-refractivity contribution in [2.24, 2.45) is 0 Å². The maximum atomic E-state index is 11.9. The zero-order valence-corrected chi connectivity index (χ0v) is 15.9. The highest BCUT2D eigenvalue weighted by Crippen LogP contribution is 2.23. The highest BCUT2D eigenvalue weighted by molar-refractivity contribution is 5.88. The molecule has 0 saturated carbocycles. The molecule has 3 rings (SSSR count). The second kappa shape index (κ2) is 8.83. The lowest BCUT2D eigenvalue weighted by molar-refractivity contribution is -0.139. The van der Waals surface area contributed by atoms with Crippen LogP contribution in [0.15, 0.2) is 66.9 Å².